The summed E-state index contributed by atoms with van der Waals surface area (Å²) in [4.78, 5) is 4.35. The van der Waals surface area contributed by atoms with E-state index in [4.69, 9.17) is 15.2 Å². The van der Waals surface area contributed by atoms with Crippen molar-refractivity contribution in [2.24, 2.45) is 0 Å². The number of benzene rings is 2. The number of rotatable bonds is 4. The fourth-order valence-corrected chi connectivity index (χ4v) is 2.60. The van der Waals surface area contributed by atoms with Crippen molar-refractivity contribution in [3.8, 4) is 11.5 Å². The van der Waals surface area contributed by atoms with Gasteiger partial charge in [-0.3, -0.25) is 4.98 Å². The lowest BCUT2D eigenvalue weighted by atomic mass is 10.0. The van der Waals surface area contributed by atoms with Gasteiger partial charge < -0.3 is 15.2 Å². The summed E-state index contributed by atoms with van der Waals surface area (Å²) in [6.45, 7) is 0. The molecule has 0 amide bonds. The highest BCUT2D eigenvalue weighted by Crippen LogP contribution is 2.33. The molecule has 0 atom stereocenters. The Hall–Kier alpha value is -2.82. The third kappa shape index (κ3) is 2.90. The van der Waals surface area contributed by atoms with Gasteiger partial charge in [-0.15, -0.1) is 0 Å². The monoisotopic (exact) mass is 312 g/mol. The second-order valence-electron chi connectivity index (χ2n) is 5.22. The Morgan fingerprint density at radius 3 is 2.43 bits per heavy atom. The molecule has 23 heavy (non-hydrogen) atoms. The Kier molecular flexibility index (Phi) is 4.02. The zero-order chi connectivity index (χ0) is 16.4. The first-order chi connectivity index (χ1) is 11.1. The number of hydrogen-bond donors (Lipinski definition) is 1. The SMILES string of the molecule is COc1cc2nccc(Cc3ccc(N)cc3F)c2cc1OC. The van der Waals surface area contributed by atoms with Crippen molar-refractivity contribution in [3.63, 3.8) is 0 Å². The number of nitrogens with two attached hydrogens (primary N) is 1. The van der Waals surface area contributed by atoms with Gasteiger partial charge >= 0.3 is 0 Å². The van der Waals surface area contributed by atoms with Crippen molar-refractivity contribution in [1.29, 1.82) is 0 Å². The molecule has 0 aliphatic rings. The van der Waals surface area contributed by atoms with Crippen LogP contribution in [0.2, 0.25) is 0 Å². The van der Waals surface area contributed by atoms with E-state index in [0.29, 0.717) is 29.2 Å². The van der Waals surface area contributed by atoms with Gasteiger partial charge in [0, 0.05) is 29.8 Å². The smallest absolute Gasteiger partial charge is 0.162 e. The van der Waals surface area contributed by atoms with Crippen LogP contribution in [0.5, 0.6) is 11.5 Å². The fraction of sp³-hybridized carbons (Fsp3) is 0.167. The molecule has 1 aromatic heterocycles. The van der Waals surface area contributed by atoms with Crippen molar-refractivity contribution in [3.05, 3.63) is 59.5 Å². The van der Waals surface area contributed by atoms with Crippen LogP contribution in [0.4, 0.5) is 10.1 Å². The molecule has 0 saturated carbocycles. The summed E-state index contributed by atoms with van der Waals surface area (Å²) in [5.74, 6) is 0.922. The highest BCUT2D eigenvalue weighted by atomic mass is 19.1. The number of pyridine rings is 1. The van der Waals surface area contributed by atoms with Crippen LogP contribution in [-0.2, 0) is 6.42 Å². The lowest BCUT2D eigenvalue weighted by Gasteiger charge is -2.12. The van der Waals surface area contributed by atoms with E-state index in [2.05, 4.69) is 4.98 Å². The highest BCUT2D eigenvalue weighted by Gasteiger charge is 2.11. The number of fused-ring (bicyclic) bond motifs is 1. The van der Waals surface area contributed by atoms with Gasteiger partial charge in [-0.1, -0.05) is 6.07 Å². The normalized spacial score (nSPS) is 10.7. The van der Waals surface area contributed by atoms with Crippen LogP contribution in [0, 0.1) is 5.82 Å². The summed E-state index contributed by atoms with van der Waals surface area (Å²) in [5.41, 5.74) is 8.33. The van der Waals surface area contributed by atoms with Crippen LogP contribution in [0.15, 0.2) is 42.6 Å². The zero-order valence-corrected chi connectivity index (χ0v) is 13.0. The second kappa shape index (κ2) is 6.12. The zero-order valence-electron chi connectivity index (χ0n) is 13.0. The molecule has 5 heteroatoms. The minimum absolute atomic E-state index is 0.310. The van der Waals surface area contributed by atoms with Gasteiger partial charge in [0.15, 0.2) is 11.5 Å². The maximum atomic E-state index is 14.1. The lowest BCUT2D eigenvalue weighted by Crippen LogP contribution is -1.98. The average Bonchev–Trinajstić information content (AvgIpc) is 2.56. The predicted molar refractivity (Wildman–Crippen MR) is 88.5 cm³/mol. The summed E-state index contributed by atoms with van der Waals surface area (Å²) >= 11 is 0. The summed E-state index contributed by atoms with van der Waals surface area (Å²) in [5, 5.41) is 0.904. The standard InChI is InChI=1S/C18H17FN2O2/c1-22-17-9-14-11(5-6-21-16(14)10-18(17)23-2)7-12-3-4-13(20)8-15(12)19/h3-6,8-10H,7,20H2,1-2H3. The van der Waals surface area contributed by atoms with E-state index in [1.165, 1.54) is 6.07 Å². The topological polar surface area (TPSA) is 57.4 Å². The molecule has 0 aliphatic carbocycles. The van der Waals surface area contributed by atoms with Crippen molar-refractivity contribution >= 4 is 16.6 Å². The predicted octanol–water partition coefficient (Wildman–Crippen LogP) is 3.56. The van der Waals surface area contributed by atoms with Crippen LogP contribution in [-0.4, -0.2) is 19.2 Å². The van der Waals surface area contributed by atoms with E-state index >= 15 is 0 Å². The molecule has 4 nitrogen and oxygen atoms in total. The number of anilines is 1. The van der Waals surface area contributed by atoms with E-state index < -0.39 is 0 Å². The molecular formula is C18H17FN2O2. The van der Waals surface area contributed by atoms with Crippen LogP contribution >= 0.6 is 0 Å². The van der Waals surface area contributed by atoms with Gasteiger partial charge in [0.25, 0.3) is 0 Å². The Bertz CT molecular complexity index is 865. The molecular weight excluding hydrogens is 295 g/mol. The van der Waals surface area contributed by atoms with E-state index in [1.54, 1.807) is 32.5 Å². The maximum Gasteiger partial charge on any atom is 0.162 e. The largest absolute Gasteiger partial charge is 0.493 e. The maximum absolute atomic E-state index is 14.1. The summed E-state index contributed by atoms with van der Waals surface area (Å²) in [7, 11) is 3.16. The molecule has 0 fully saturated rings. The first kappa shape index (κ1) is 15.1. The molecule has 3 rings (SSSR count). The number of nitrogens with zero attached hydrogens (tertiary/aromatic N) is 1. The van der Waals surface area contributed by atoms with Crippen LogP contribution in [0.3, 0.4) is 0 Å². The number of hydrogen-bond acceptors (Lipinski definition) is 4. The molecule has 1 heterocycles. The molecule has 0 aliphatic heterocycles. The number of aromatic nitrogens is 1. The van der Waals surface area contributed by atoms with Crippen molar-refractivity contribution in [2.75, 3.05) is 20.0 Å². The van der Waals surface area contributed by atoms with Gasteiger partial charge in [0.1, 0.15) is 5.82 Å². The summed E-state index contributed by atoms with van der Waals surface area (Å²) in [6, 6.07) is 10.3. The minimum Gasteiger partial charge on any atom is -0.493 e. The van der Waals surface area contributed by atoms with Gasteiger partial charge in [0.05, 0.1) is 19.7 Å². The molecule has 2 N–H and O–H groups in total. The Balaban J connectivity index is 2.10. The number of halogens is 1. The molecule has 0 bridgehead atoms. The third-order valence-corrected chi connectivity index (χ3v) is 3.80. The Labute approximate surface area is 133 Å². The Morgan fingerprint density at radius 2 is 1.74 bits per heavy atom. The molecule has 0 unspecified atom stereocenters. The van der Waals surface area contributed by atoms with Crippen LogP contribution in [0.1, 0.15) is 11.1 Å². The molecule has 0 saturated heterocycles. The average molecular weight is 312 g/mol. The molecule has 2 aromatic carbocycles. The fourth-order valence-electron chi connectivity index (χ4n) is 2.60. The first-order valence-corrected chi connectivity index (χ1v) is 7.16. The van der Waals surface area contributed by atoms with Gasteiger partial charge in [-0.25, -0.2) is 4.39 Å². The minimum atomic E-state index is -0.310. The lowest BCUT2D eigenvalue weighted by molar-refractivity contribution is 0.356. The first-order valence-electron chi connectivity index (χ1n) is 7.16. The molecule has 0 spiro atoms. The van der Waals surface area contributed by atoms with Crippen molar-refractivity contribution < 1.29 is 13.9 Å². The Morgan fingerprint density at radius 1 is 1.00 bits per heavy atom. The van der Waals surface area contributed by atoms with E-state index in [1.807, 2.05) is 18.2 Å². The second-order valence-corrected chi connectivity index (χ2v) is 5.22. The van der Waals surface area contributed by atoms with Crippen LogP contribution in [0.25, 0.3) is 10.9 Å². The number of ether oxygens (including phenoxy) is 2. The number of nitrogen functional groups attached to an aromatic ring is 1. The van der Waals surface area contributed by atoms with E-state index in [9.17, 15) is 4.39 Å². The quantitative estimate of drug-likeness (QED) is 0.748. The molecule has 3 aromatic rings. The molecule has 118 valence electrons. The molecule has 0 radical (unpaired) electrons. The number of methoxy groups -OCH3 is 2. The van der Waals surface area contributed by atoms with Gasteiger partial charge in [0.2, 0.25) is 0 Å². The summed E-state index contributed by atoms with van der Waals surface area (Å²) in [6.07, 6.45) is 2.15. The van der Waals surface area contributed by atoms with Crippen LogP contribution < -0.4 is 15.2 Å². The van der Waals surface area contributed by atoms with E-state index in [-0.39, 0.29) is 5.82 Å². The van der Waals surface area contributed by atoms with Crippen molar-refractivity contribution in [2.45, 2.75) is 6.42 Å². The van der Waals surface area contributed by atoms with Gasteiger partial charge in [-0.05, 0) is 35.4 Å². The van der Waals surface area contributed by atoms with Gasteiger partial charge in [-0.2, -0.15) is 0 Å². The third-order valence-electron chi connectivity index (χ3n) is 3.80. The highest BCUT2D eigenvalue weighted by molar-refractivity contribution is 5.86. The van der Waals surface area contributed by atoms with Crippen molar-refractivity contribution in [1.82, 2.24) is 4.98 Å². The van der Waals surface area contributed by atoms with E-state index in [0.717, 1.165) is 16.5 Å². The summed E-state index contributed by atoms with van der Waals surface area (Å²) < 4.78 is 24.7.